The first kappa shape index (κ1) is 13.1. The molecule has 0 spiro atoms. The molecule has 90 valence electrons. The van der Waals surface area contributed by atoms with Gasteiger partial charge in [-0.1, -0.05) is 6.92 Å². The third-order valence-electron chi connectivity index (χ3n) is 2.17. The number of thiazole rings is 1. The van der Waals surface area contributed by atoms with E-state index in [1.54, 1.807) is 5.51 Å². The Bertz CT molecular complexity index is 338. The van der Waals surface area contributed by atoms with Crippen molar-refractivity contribution in [2.24, 2.45) is 0 Å². The van der Waals surface area contributed by atoms with Crippen molar-refractivity contribution in [1.29, 1.82) is 0 Å². The number of esters is 1. The summed E-state index contributed by atoms with van der Waals surface area (Å²) in [5.41, 5.74) is 2.65. The Kier molecular flexibility index (Phi) is 5.42. The summed E-state index contributed by atoms with van der Waals surface area (Å²) < 4.78 is 5.06. The van der Waals surface area contributed by atoms with Crippen LogP contribution in [-0.2, 0) is 9.53 Å². The third kappa shape index (κ3) is 3.28. The number of aryl methyl sites for hydroxylation is 1. The standard InChI is InChI=1S/C11H18N2O2S/c1-4-6-12-9(11(14)15-5-2)10-8(3)13-7-16-10/h7,9,12H,4-6H2,1-3H3. The second-order valence-corrected chi connectivity index (χ2v) is 4.33. The molecule has 0 amide bonds. The molecule has 0 fully saturated rings. The van der Waals surface area contributed by atoms with E-state index in [-0.39, 0.29) is 12.0 Å². The third-order valence-corrected chi connectivity index (χ3v) is 3.16. The van der Waals surface area contributed by atoms with Gasteiger partial charge in [0, 0.05) is 0 Å². The lowest BCUT2D eigenvalue weighted by Crippen LogP contribution is -2.30. The quantitative estimate of drug-likeness (QED) is 0.776. The molecule has 0 aliphatic carbocycles. The molecule has 0 aromatic carbocycles. The van der Waals surface area contributed by atoms with Gasteiger partial charge in [0.15, 0.2) is 0 Å². The highest BCUT2D eigenvalue weighted by molar-refractivity contribution is 7.10. The predicted molar refractivity (Wildman–Crippen MR) is 64.5 cm³/mol. The van der Waals surface area contributed by atoms with Gasteiger partial charge in [0.2, 0.25) is 0 Å². The molecular formula is C11H18N2O2S. The fourth-order valence-electron chi connectivity index (χ4n) is 1.39. The molecule has 1 N–H and O–H groups in total. The lowest BCUT2D eigenvalue weighted by Gasteiger charge is -2.15. The Morgan fingerprint density at radius 1 is 1.62 bits per heavy atom. The number of carbonyl (C=O) groups excluding carboxylic acids is 1. The van der Waals surface area contributed by atoms with Crippen LogP contribution in [0, 0.1) is 6.92 Å². The van der Waals surface area contributed by atoms with E-state index in [4.69, 9.17) is 4.74 Å². The predicted octanol–water partition coefficient (Wildman–Crippen LogP) is 2.06. The number of nitrogens with one attached hydrogen (secondary N) is 1. The number of hydrogen-bond donors (Lipinski definition) is 1. The second kappa shape index (κ2) is 6.60. The molecule has 4 nitrogen and oxygen atoms in total. The highest BCUT2D eigenvalue weighted by Crippen LogP contribution is 2.22. The first-order valence-corrected chi connectivity index (χ1v) is 6.38. The molecule has 1 aromatic rings. The zero-order valence-electron chi connectivity index (χ0n) is 9.95. The number of aromatic nitrogens is 1. The SMILES string of the molecule is CCCNC(C(=O)OCC)c1scnc1C. The van der Waals surface area contributed by atoms with Gasteiger partial charge in [0.05, 0.1) is 22.7 Å². The summed E-state index contributed by atoms with van der Waals surface area (Å²) in [4.78, 5) is 16.9. The van der Waals surface area contributed by atoms with Crippen molar-refractivity contribution < 1.29 is 9.53 Å². The van der Waals surface area contributed by atoms with Gasteiger partial charge in [-0.3, -0.25) is 5.32 Å². The van der Waals surface area contributed by atoms with Gasteiger partial charge in [0.1, 0.15) is 6.04 Å². The summed E-state index contributed by atoms with van der Waals surface area (Å²) in [5, 5.41) is 3.19. The van der Waals surface area contributed by atoms with Crippen molar-refractivity contribution in [3.63, 3.8) is 0 Å². The van der Waals surface area contributed by atoms with E-state index in [1.165, 1.54) is 11.3 Å². The van der Waals surface area contributed by atoms with Crippen molar-refractivity contribution in [2.75, 3.05) is 13.2 Å². The maximum Gasteiger partial charge on any atom is 0.328 e. The monoisotopic (exact) mass is 242 g/mol. The lowest BCUT2D eigenvalue weighted by molar-refractivity contribution is -0.145. The molecule has 1 unspecified atom stereocenters. The molecule has 1 rings (SSSR count). The maximum absolute atomic E-state index is 11.8. The highest BCUT2D eigenvalue weighted by Gasteiger charge is 2.24. The lowest BCUT2D eigenvalue weighted by atomic mass is 10.2. The Morgan fingerprint density at radius 3 is 2.88 bits per heavy atom. The number of ether oxygens (including phenoxy) is 1. The van der Waals surface area contributed by atoms with Gasteiger partial charge >= 0.3 is 5.97 Å². The zero-order valence-corrected chi connectivity index (χ0v) is 10.8. The van der Waals surface area contributed by atoms with Crippen molar-refractivity contribution in [3.8, 4) is 0 Å². The van der Waals surface area contributed by atoms with Crippen LogP contribution in [0.3, 0.4) is 0 Å². The van der Waals surface area contributed by atoms with Gasteiger partial charge < -0.3 is 4.74 Å². The van der Waals surface area contributed by atoms with E-state index in [0.29, 0.717) is 6.61 Å². The molecule has 1 aromatic heterocycles. The summed E-state index contributed by atoms with van der Waals surface area (Å²) >= 11 is 1.49. The average Bonchev–Trinajstić information content (AvgIpc) is 2.66. The number of nitrogens with zero attached hydrogens (tertiary/aromatic N) is 1. The van der Waals surface area contributed by atoms with E-state index in [2.05, 4.69) is 17.2 Å². The van der Waals surface area contributed by atoms with Gasteiger partial charge in [-0.15, -0.1) is 11.3 Å². The molecule has 5 heteroatoms. The van der Waals surface area contributed by atoms with Crippen molar-refractivity contribution in [1.82, 2.24) is 10.3 Å². The van der Waals surface area contributed by atoms with E-state index in [9.17, 15) is 4.79 Å². The van der Waals surface area contributed by atoms with Gasteiger partial charge in [0.25, 0.3) is 0 Å². The minimum Gasteiger partial charge on any atom is -0.465 e. The van der Waals surface area contributed by atoms with Crippen LogP contribution in [0.5, 0.6) is 0 Å². The summed E-state index contributed by atoms with van der Waals surface area (Å²) in [5.74, 6) is -0.219. The van der Waals surface area contributed by atoms with Crippen LogP contribution in [0.15, 0.2) is 5.51 Å². The second-order valence-electron chi connectivity index (χ2n) is 3.44. The molecular weight excluding hydrogens is 224 g/mol. The minimum atomic E-state index is -0.368. The van der Waals surface area contributed by atoms with Crippen LogP contribution in [0.1, 0.15) is 36.9 Å². The highest BCUT2D eigenvalue weighted by atomic mass is 32.1. The van der Waals surface area contributed by atoms with Crippen LogP contribution in [0.2, 0.25) is 0 Å². The summed E-state index contributed by atoms with van der Waals surface area (Å²) in [7, 11) is 0. The Balaban J connectivity index is 2.78. The van der Waals surface area contributed by atoms with Crippen LogP contribution in [0.25, 0.3) is 0 Å². The van der Waals surface area contributed by atoms with Gasteiger partial charge in [-0.25, -0.2) is 9.78 Å². The topological polar surface area (TPSA) is 51.2 Å². The Morgan fingerprint density at radius 2 is 2.38 bits per heavy atom. The smallest absolute Gasteiger partial charge is 0.328 e. The van der Waals surface area contributed by atoms with Crippen molar-refractivity contribution in [3.05, 3.63) is 16.1 Å². The van der Waals surface area contributed by atoms with Gasteiger partial charge in [-0.2, -0.15) is 0 Å². The van der Waals surface area contributed by atoms with E-state index < -0.39 is 0 Å². The van der Waals surface area contributed by atoms with Crippen LogP contribution in [0.4, 0.5) is 0 Å². The molecule has 0 radical (unpaired) electrons. The average molecular weight is 242 g/mol. The number of rotatable bonds is 6. The van der Waals surface area contributed by atoms with Crippen molar-refractivity contribution >= 4 is 17.3 Å². The summed E-state index contributed by atoms with van der Waals surface area (Å²) in [6.07, 6.45) is 0.980. The molecule has 1 heterocycles. The molecule has 0 aliphatic heterocycles. The molecule has 0 bridgehead atoms. The first-order valence-electron chi connectivity index (χ1n) is 5.50. The van der Waals surface area contributed by atoms with Crippen LogP contribution in [-0.4, -0.2) is 24.1 Å². The molecule has 16 heavy (non-hydrogen) atoms. The normalized spacial score (nSPS) is 12.4. The molecule has 0 saturated heterocycles. The molecule has 1 atom stereocenters. The van der Waals surface area contributed by atoms with Gasteiger partial charge in [-0.05, 0) is 26.8 Å². The van der Waals surface area contributed by atoms with Crippen LogP contribution >= 0.6 is 11.3 Å². The molecule has 0 aliphatic rings. The fraction of sp³-hybridized carbons (Fsp3) is 0.636. The number of carbonyl (C=O) groups is 1. The molecule has 0 saturated carbocycles. The fourth-order valence-corrected chi connectivity index (χ4v) is 2.25. The summed E-state index contributed by atoms with van der Waals surface area (Å²) in [6, 6.07) is -0.368. The zero-order chi connectivity index (χ0) is 12.0. The summed E-state index contributed by atoms with van der Waals surface area (Å²) in [6.45, 7) is 6.98. The number of hydrogen-bond acceptors (Lipinski definition) is 5. The Hall–Kier alpha value is -0.940. The Labute approximate surface area is 100 Å². The first-order chi connectivity index (χ1) is 7.70. The van der Waals surface area contributed by atoms with Crippen molar-refractivity contribution in [2.45, 2.75) is 33.2 Å². The minimum absolute atomic E-state index is 0.219. The van der Waals surface area contributed by atoms with E-state index >= 15 is 0 Å². The van der Waals surface area contributed by atoms with Crippen LogP contribution < -0.4 is 5.32 Å². The van der Waals surface area contributed by atoms with E-state index in [0.717, 1.165) is 23.5 Å². The van der Waals surface area contributed by atoms with E-state index in [1.807, 2.05) is 13.8 Å². The largest absolute Gasteiger partial charge is 0.465 e. The maximum atomic E-state index is 11.8.